The third kappa shape index (κ3) is 4.40. The number of benzene rings is 1. The number of thiophene rings is 1. The van der Waals surface area contributed by atoms with E-state index in [-0.39, 0.29) is 16.5 Å². The van der Waals surface area contributed by atoms with Crippen molar-refractivity contribution in [3.63, 3.8) is 0 Å². The summed E-state index contributed by atoms with van der Waals surface area (Å²) in [7, 11) is -3.75. The molecular weight excluding hydrogens is 456 g/mol. The van der Waals surface area contributed by atoms with E-state index in [2.05, 4.69) is 25.8 Å². The van der Waals surface area contributed by atoms with Crippen LogP contribution in [-0.4, -0.2) is 26.2 Å². The molecule has 0 radical (unpaired) electrons. The topological polar surface area (TPSA) is 98.5 Å². The lowest BCUT2D eigenvalue weighted by atomic mass is 10.2. The van der Waals surface area contributed by atoms with E-state index in [1.165, 1.54) is 12.1 Å². The van der Waals surface area contributed by atoms with E-state index in [0.29, 0.717) is 16.3 Å². The quantitative estimate of drug-likeness (QED) is 0.534. The monoisotopic (exact) mass is 470 g/mol. The van der Waals surface area contributed by atoms with Crippen LogP contribution in [0.2, 0.25) is 0 Å². The lowest BCUT2D eigenvalue weighted by Gasteiger charge is -2.07. The van der Waals surface area contributed by atoms with Crippen LogP contribution in [0.25, 0.3) is 10.6 Å². The molecule has 0 spiro atoms. The highest BCUT2D eigenvalue weighted by Gasteiger charge is 2.21. The van der Waals surface area contributed by atoms with E-state index in [4.69, 9.17) is 9.26 Å². The van der Waals surface area contributed by atoms with Crippen LogP contribution >= 0.6 is 27.3 Å². The third-order valence-corrected chi connectivity index (χ3v) is 7.36. The molecule has 7 nitrogen and oxygen atoms in total. The Kier molecular flexibility index (Phi) is 5.68. The number of nitrogens with one attached hydrogen (secondary N) is 1. The summed E-state index contributed by atoms with van der Waals surface area (Å²) in [6.07, 6.45) is 0. The number of hydrogen-bond acceptors (Lipinski definition) is 7. The molecule has 1 N–H and O–H groups in total. The molecule has 142 valence electrons. The van der Waals surface area contributed by atoms with Gasteiger partial charge in [-0.1, -0.05) is 21.1 Å². The number of aryl methyl sites for hydroxylation is 1. The van der Waals surface area contributed by atoms with Crippen molar-refractivity contribution in [3.05, 3.63) is 52.1 Å². The van der Waals surface area contributed by atoms with Crippen molar-refractivity contribution in [1.29, 1.82) is 0 Å². The summed E-state index contributed by atoms with van der Waals surface area (Å²) < 4.78 is 38.8. The second-order valence-corrected chi connectivity index (χ2v) is 9.33. The maximum absolute atomic E-state index is 12.6. The Labute approximate surface area is 168 Å². The summed E-state index contributed by atoms with van der Waals surface area (Å²) in [5, 5.41) is 3.66. The van der Waals surface area contributed by atoms with Crippen molar-refractivity contribution in [2.24, 2.45) is 0 Å². The van der Waals surface area contributed by atoms with Gasteiger partial charge in [0.1, 0.15) is 4.21 Å². The highest BCUT2D eigenvalue weighted by Crippen LogP contribution is 2.32. The Hall–Kier alpha value is -2.17. The number of carbonyl (C=O) groups excluding carboxylic acids is 1. The van der Waals surface area contributed by atoms with Gasteiger partial charge in [-0.3, -0.25) is 4.72 Å². The molecule has 10 heteroatoms. The molecule has 0 bridgehead atoms. The number of hydrogen-bond donors (Lipinski definition) is 1. The fourth-order valence-electron chi connectivity index (χ4n) is 2.20. The smallest absolute Gasteiger partial charge is 0.360 e. The van der Waals surface area contributed by atoms with E-state index in [1.54, 1.807) is 31.2 Å². The number of aromatic nitrogens is 1. The van der Waals surface area contributed by atoms with Crippen molar-refractivity contribution in [3.8, 4) is 10.6 Å². The first-order valence-electron chi connectivity index (χ1n) is 7.83. The number of nitrogens with zero attached hydrogens (tertiary/aromatic N) is 1. The normalized spacial score (nSPS) is 11.4. The fourth-order valence-corrected chi connectivity index (χ4v) is 4.75. The molecular formula is C17H15BrN2O5S2. The summed E-state index contributed by atoms with van der Waals surface area (Å²) in [6.45, 7) is 3.79. The highest BCUT2D eigenvalue weighted by molar-refractivity contribution is 9.10. The summed E-state index contributed by atoms with van der Waals surface area (Å²) in [6, 6.07) is 9.68. The Bertz CT molecular complexity index is 1090. The van der Waals surface area contributed by atoms with Gasteiger partial charge in [-0.05, 0) is 49.7 Å². The maximum atomic E-state index is 12.6. The van der Waals surface area contributed by atoms with Crippen molar-refractivity contribution in [1.82, 2.24) is 5.16 Å². The molecule has 3 aromatic rings. The van der Waals surface area contributed by atoms with Gasteiger partial charge in [0.2, 0.25) is 0 Å². The van der Waals surface area contributed by atoms with Gasteiger partial charge < -0.3 is 9.26 Å². The van der Waals surface area contributed by atoms with Crippen LogP contribution in [0.15, 0.2) is 49.6 Å². The van der Waals surface area contributed by atoms with Crippen molar-refractivity contribution < 1.29 is 22.5 Å². The minimum Gasteiger partial charge on any atom is -0.461 e. The first kappa shape index (κ1) is 19.6. The number of rotatable bonds is 6. The summed E-state index contributed by atoms with van der Waals surface area (Å²) in [5.74, 6) is -0.298. The van der Waals surface area contributed by atoms with E-state index in [1.807, 2.05) is 6.92 Å². The predicted molar refractivity (Wildman–Crippen MR) is 105 cm³/mol. The summed E-state index contributed by atoms with van der Waals surface area (Å²) >= 11 is 4.39. The van der Waals surface area contributed by atoms with Crippen LogP contribution in [0.5, 0.6) is 0 Å². The molecule has 27 heavy (non-hydrogen) atoms. The van der Waals surface area contributed by atoms with Crippen molar-refractivity contribution in [2.75, 3.05) is 11.3 Å². The number of ether oxygens (including phenoxy) is 1. The van der Waals surface area contributed by atoms with Gasteiger partial charge in [0.25, 0.3) is 10.0 Å². The molecule has 0 atom stereocenters. The van der Waals surface area contributed by atoms with Gasteiger partial charge >= 0.3 is 5.97 Å². The lowest BCUT2D eigenvalue weighted by molar-refractivity contribution is 0.0514. The van der Waals surface area contributed by atoms with Gasteiger partial charge in [0.05, 0.1) is 11.5 Å². The largest absolute Gasteiger partial charge is 0.461 e. The molecule has 0 saturated heterocycles. The van der Waals surface area contributed by atoms with Crippen LogP contribution in [0.1, 0.15) is 23.0 Å². The van der Waals surface area contributed by atoms with E-state index >= 15 is 0 Å². The van der Waals surface area contributed by atoms with Crippen molar-refractivity contribution >= 4 is 48.9 Å². The molecule has 3 rings (SSSR count). The number of esters is 1. The molecule has 0 aliphatic carbocycles. The molecule has 1 aromatic carbocycles. The second kappa shape index (κ2) is 7.83. The molecule has 0 fully saturated rings. The van der Waals surface area contributed by atoms with E-state index in [9.17, 15) is 13.2 Å². The van der Waals surface area contributed by atoms with Gasteiger partial charge in [-0.2, -0.15) is 0 Å². The van der Waals surface area contributed by atoms with Gasteiger partial charge in [0, 0.05) is 16.2 Å². The Morgan fingerprint density at radius 3 is 2.78 bits per heavy atom. The first-order chi connectivity index (χ1) is 12.8. The molecule has 0 saturated carbocycles. The van der Waals surface area contributed by atoms with Gasteiger partial charge in [-0.25, -0.2) is 13.2 Å². The molecule has 0 aliphatic rings. The number of halogens is 1. The van der Waals surface area contributed by atoms with Crippen LogP contribution < -0.4 is 4.72 Å². The zero-order chi connectivity index (χ0) is 19.6. The maximum Gasteiger partial charge on any atom is 0.360 e. The van der Waals surface area contributed by atoms with Crippen molar-refractivity contribution in [2.45, 2.75) is 18.1 Å². The van der Waals surface area contributed by atoms with E-state index < -0.39 is 16.0 Å². The SMILES string of the molecule is CCOC(=O)c1cc(-c2ccc(S(=O)(=O)Nc3ccc(Br)c(C)c3)s2)on1. The Morgan fingerprint density at radius 2 is 2.07 bits per heavy atom. The Morgan fingerprint density at radius 1 is 1.30 bits per heavy atom. The van der Waals surface area contributed by atoms with Crippen LogP contribution in [0.3, 0.4) is 0 Å². The number of anilines is 1. The summed E-state index contributed by atoms with van der Waals surface area (Å²) in [4.78, 5) is 12.2. The lowest BCUT2D eigenvalue weighted by Crippen LogP contribution is -2.11. The highest BCUT2D eigenvalue weighted by atomic mass is 79.9. The average Bonchev–Trinajstić information content (AvgIpc) is 3.27. The minimum atomic E-state index is -3.75. The first-order valence-corrected chi connectivity index (χ1v) is 10.9. The molecule has 0 aliphatic heterocycles. The third-order valence-electron chi connectivity index (χ3n) is 3.49. The van der Waals surface area contributed by atoms with Crippen LogP contribution in [0.4, 0.5) is 5.69 Å². The average molecular weight is 471 g/mol. The fraction of sp³-hybridized carbons (Fsp3) is 0.176. The van der Waals surface area contributed by atoms with Gasteiger partial charge in [-0.15, -0.1) is 11.3 Å². The summed E-state index contributed by atoms with van der Waals surface area (Å²) in [5.41, 5.74) is 1.42. The number of sulfonamides is 1. The Balaban J connectivity index is 1.82. The van der Waals surface area contributed by atoms with E-state index in [0.717, 1.165) is 21.4 Å². The second-order valence-electron chi connectivity index (χ2n) is 5.49. The molecule has 2 aromatic heterocycles. The molecule has 0 unspecified atom stereocenters. The molecule has 0 amide bonds. The predicted octanol–water partition coefficient (Wildman–Crippen LogP) is 4.45. The molecule has 2 heterocycles. The minimum absolute atomic E-state index is 0.0353. The van der Waals surface area contributed by atoms with Crippen LogP contribution in [0, 0.1) is 6.92 Å². The van der Waals surface area contributed by atoms with Crippen LogP contribution in [-0.2, 0) is 14.8 Å². The number of carbonyl (C=O) groups is 1. The standard InChI is InChI=1S/C17H15BrN2O5S2/c1-3-24-17(21)13-9-14(25-19-13)15-6-7-16(26-15)27(22,23)20-11-4-5-12(18)10(2)8-11/h4-9,20H,3H2,1-2H3. The zero-order valence-corrected chi connectivity index (χ0v) is 17.6. The zero-order valence-electron chi connectivity index (χ0n) is 14.4. The van der Waals surface area contributed by atoms with Gasteiger partial charge in [0.15, 0.2) is 11.5 Å².